The molecule has 0 spiro atoms. The Kier molecular flexibility index (Phi) is 2.88. The zero-order valence-corrected chi connectivity index (χ0v) is 6.87. The Labute approximate surface area is 70.6 Å². The average Bonchev–Trinajstić information content (AvgIpc) is 2.51. The van der Waals surface area contributed by atoms with Gasteiger partial charge in [0.15, 0.2) is 0 Å². The highest BCUT2D eigenvalue weighted by Crippen LogP contribution is 2.13. The molecule has 0 fully saturated rings. The van der Waals surface area contributed by atoms with Crippen molar-refractivity contribution in [2.24, 2.45) is 0 Å². The zero-order valence-electron chi connectivity index (χ0n) is 6.87. The standard InChI is InChI=1S/C8H12N2O2/c1-9-5-7(8(11)12)6-2-3-10-4-6/h2-4,7,9-10H,5H2,1H3,(H,11,12). The van der Waals surface area contributed by atoms with Crippen LogP contribution in [0.2, 0.25) is 0 Å². The molecule has 1 rings (SSSR count). The van der Waals surface area contributed by atoms with E-state index in [1.54, 1.807) is 25.5 Å². The van der Waals surface area contributed by atoms with Gasteiger partial charge in [0, 0.05) is 18.9 Å². The monoisotopic (exact) mass is 168 g/mol. The Bertz CT molecular complexity index is 244. The van der Waals surface area contributed by atoms with Crippen LogP contribution in [-0.4, -0.2) is 29.7 Å². The highest BCUT2D eigenvalue weighted by molar-refractivity contribution is 5.76. The number of aliphatic carboxylic acids is 1. The molecule has 1 unspecified atom stereocenters. The summed E-state index contributed by atoms with van der Waals surface area (Å²) in [6, 6.07) is 1.77. The first-order chi connectivity index (χ1) is 5.75. The molecule has 0 aromatic carbocycles. The summed E-state index contributed by atoms with van der Waals surface area (Å²) in [6.45, 7) is 0.452. The molecule has 0 bridgehead atoms. The second-order valence-corrected chi connectivity index (χ2v) is 2.59. The van der Waals surface area contributed by atoms with Gasteiger partial charge in [-0.15, -0.1) is 0 Å². The molecule has 12 heavy (non-hydrogen) atoms. The van der Waals surface area contributed by atoms with Gasteiger partial charge in [0.25, 0.3) is 0 Å². The van der Waals surface area contributed by atoms with Crippen molar-refractivity contribution in [1.29, 1.82) is 0 Å². The number of carboxylic acids is 1. The summed E-state index contributed by atoms with van der Waals surface area (Å²) >= 11 is 0. The summed E-state index contributed by atoms with van der Waals surface area (Å²) in [5.74, 6) is -1.26. The van der Waals surface area contributed by atoms with Crippen molar-refractivity contribution in [1.82, 2.24) is 10.3 Å². The SMILES string of the molecule is CNCC(C(=O)O)c1cc[nH]c1. The number of hydrogen-bond acceptors (Lipinski definition) is 2. The van der Waals surface area contributed by atoms with Crippen LogP contribution < -0.4 is 5.32 Å². The maximum absolute atomic E-state index is 10.7. The molecule has 0 aliphatic carbocycles. The van der Waals surface area contributed by atoms with Gasteiger partial charge in [0.05, 0.1) is 5.92 Å². The van der Waals surface area contributed by atoms with Crippen molar-refractivity contribution >= 4 is 5.97 Å². The maximum Gasteiger partial charge on any atom is 0.312 e. The molecular formula is C8H12N2O2. The van der Waals surface area contributed by atoms with Crippen molar-refractivity contribution < 1.29 is 9.90 Å². The van der Waals surface area contributed by atoms with Gasteiger partial charge in [-0.2, -0.15) is 0 Å². The first kappa shape index (κ1) is 8.80. The molecule has 0 aliphatic rings. The van der Waals surface area contributed by atoms with Crippen LogP contribution in [0.3, 0.4) is 0 Å². The smallest absolute Gasteiger partial charge is 0.312 e. The van der Waals surface area contributed by atoms with Crippen molar-refractivity contribution in [3.63, 3.8) is 0 Å². The number of H-pyrrole nitrogens is 1. The van der Waals surface area contributed by atoms with E-state index < -0.39 is 11.9 Å². The Balaban J connectivity index is 2.73. The summed E-state index contributed by atoms with van der Waals surface area (Å²) in [6.07, 6.45) is 3.43. The Morgan fingerprint density at radius 3 is 3.00 bits per heavy atom. The Hall–Kier alpha value is -1.29. The molecule has 1 aromatic heterocycles. The van der Waals surface area contributed by atoms with Gasteiger partial charge in [-0.1, -0.05) is 0 Å². The summed E-state index contributed by atoms with van der Waals surface area (Å²) in [5, 5.41) is 11.7. The molecule has 0 saturated heterocycles. The molecule has 4 nitrogen and oxygen atoms in total. The largest absolute Gasteiger partial charge is 0.481 e. The van der Waals surface area contributed by atoms with E-state index in [-0.39, 0.29) is 0 Å². The number of carbonyl (C=O) groups is 1. The minimum absolute atomic E-state index is 0.452. The summed E-state index contributed by atoms with van der Waals surface area (Å²) in [5.41, 5.74) is 0.803. The van der Waals surface area contributed by atoms with Gasteiger partial charge >= 0.3 is 5.97 Å². The zero-order chi connectivity index (χ0) is 8.97. The number of likely N-dealkylation sites (N-methyl/N-ethyl adjacent to an activating group) is 1. The molecule has 3 N–H and O–H groups in total. The molecule has 0 amide bonds. The Morgan fingerprint density at radius 2 is 2.58 bits per heavy atom. The second-order valence-electron chi connectivity index (χ2n) is 2.59. The van der Waals surface area contributed by atoms with Crippen LogP contribution in [0.15, 0.2) is 18.5 Å². The minimum atomic E-state index is -0.802. The van der Waals surface area contributed by atoms with E-state index in [1.807, 2.05) is 0 Å². The third kappa shape index (κ3) is 1.85. The second kappa shape index (κ2) is 3.92. The van der Waals surface area contributed by atoms with E-state index in [9.17, 15) is 4.79 Å². The quantitative estimate of drug-likeness (QED) is 0.609. The van der Waals surface area contributed by atoms with E-state index in [2.05, 4.69) is 10.3 Å². The number of aromatic amines is 1. The molecule has 0 aliphatic heterocycles. The predicted molar refractivity (Wildman–Crippen MR) is 45.1 cm³/mol. The van der Waals surface area contributed by atoms with Crippen LogP contribution in [0.1, 0.15) is 11.5 Å². The van der Waals surface area contributed by atoms with Crippen molar-refractivity contribution in [3.05, 3.63) is 24.0 Å². The van der Waals surface area contributed by atoms with Crippen molar-refractivity contribution in [3.8, 4) is 0 Å². The van der Waals surface area contributed by atoms with Gasteiger partial charge < -0.3 is 15.4 Å². The lowest BCUT2D eigenvalue weighted by molar-refractivity contribution is -0.138. The third-order valence-electron chi connectivity index (χ3n) is 1.73. The van der Waals surface area contributed by atoms with E-state index in [4.69, 9.17) is 5.11 Å². The molecule has 0 radical (unpaired) electrons. The van der Waals surface area contributed by atoms with E-state index in [0.717, 1.165) is 5.56 Å². The summed E-state index contributed by atoms with van der Waals surface area (Å²) in [7, 11) is 1.74. The fraction of sp³-hybridized carbons (Fsp3) is 0.375. The molecule has 1 heterocycles. The predicted octanol–water partition coefficient (Wildman–Crippen LogP) is 0.402. The normalized spacial score (nSPS) is 12.8. The fourth-order valence-corrected chi connectivity index (χ4v) is 1.11. The molecule has 1 aromatic rings. The van der Waals surface area contributed by atoms with Crippen molar-refractivity contribution in [2.75, 3.05) is 13.6 Å². The minimum Gasteiger partial charge on any atom is -0.481 e. The van der Waals surface area contributed by atoms with E-state index in [1.165, 1.54) is 0 Å². The molecule has 4 heteroatoms. The first-order valence-electron chi connectivity index (χ1n) is 3.75. The number of rotatable bonds is 4. The van der Waals surface area contributed by atoms with Crippen LogP contribution >= 0.6 is 0 Å². The van der Waals surface area contributed by atoms with Gasteiger partial charge in [-0.05, 0) is 18.7 Å². The summed E-state index contributed by atoms with van der Waals surface area (Å²) in [4.78, 5) is 13.6. The third-order valence-corrected chi connectivity index (χ3v) is 1.73. The van der Waals surface area contributed by atoms with Gasteiger partial charge in [-0.25, -0.2) is 0 Å². The van der Waals surface area contributed by atoms with Crippen molar-refractivity contribution in [2.45, 2.75) is 5.92 Å². The lowest BCUT2D eigenvalue weighted by Crippen LogP contribution is -2.23. The van der Waals surface area contributed by atoms with E-state index in [0.29, 0.717) is 6.54 Å². The average molecular weight is 168 g/mol. The Morgan fingerprint density at radius 1 is 1.83 bits per heavy atom. The fourth-order valence-electron chi connectivity index (χ4n) is 1.11. The molecule has 66 valence electrons. The maximum atomic E-state index is 10.7. The van der Waals surface area contributed by atoms with Gasteiger partial charge in [0.1, 0.15) is 0 Å². The van der Waals surface area contributed by atoms with Crippen LogP contribution in [0.5, 0.6) is 0 Å². The van der Waals surface area contributed by atoms with Crippen LogP contribution in [0.25, 0.3) is 0 Å². The van der Waals surface area contributed by atoms with Crippen LogP contribution in [0.4, 0.5) is 0 Å². The lowest BCUT2D eigenvalue weighted by Gasteiger charge is -2.08. The number of aromatic nitrogens is 1. The van der Waals surface area contributed by atoms with E-state index >= 15 is 0 Å². The van der Waals surface area contributed by atoms with Crippen LogP contribution in [0, 0.1) is 0 Å². The van der Waals surface area contributed by atoms with Gasteiger partial charge in [-0.3, -0.25) is 4.79 Å². The highest BCUT2D eigenvalue weighted by Gasteiger charge is 2.18. The molecular weight excluding hydrogens is 156 g/mol. The highest BCUT2D eigenvalue weighted by atomic mass is 16.4. The van der Waals surface area contributed by atoms with Crippen LogP contribution in [-0.2, 0) is 4.79 Å². The topological polar surface area (TPSA) is 65.1 Å². The lowest BCUT2D eigenvalue weighted by atomic mass is 10.0. The number of hydrogen-bond donors (Lipinski definition) is 3. The first-order valence-corrected chi connectivity index (χ1v) is 3.75. The number of nitrogens with one attached hydrogen (secondary N) is 2. The molecule has 0 saturated carbocycles. The molecule has 1 atom stereocenters. The van der Waals surface area contributed by atoms with Gasteiger partial charge in [0.2, 0.25) is 0 Å². The summed E-state index contributed by atoms with van der Waals surface area (Å²) < 4.78 is 0. The number of carboxylic acid groups (broad SMARTS) is 1.